The van der Waals surface area contributed by atoms with E-state index in [2.05, 4.69) is 21.2 Å². The van der Waals surface area contributed by atoms with Gasteiger partial charge in [-0.1, -0.05) is 28.1 Å². The molecule has 0 spiro atoms. The lowest BCUT2D eigenvalue weighted by molar-refractivity contribution is 0.0426. The van der Waals surface area contributed by atoms with Gasteiger partial charge in [0.1, 0.15) is 6.17 Å². The lowest BCUT2D eigenvalue weighted by Gasteiger charge is -2.39. The highest BCUT2D eigenvalue weighted by molar-refractivity contribution is 9.10. The van der Waals surface area contributed by atoms with E-state index in [9.17, 15) is 9.90 Å². The van der Waals surface area contributed by atoms with Crippen molar-refractivity contribution in [3.8, 4) is 11.5 Å². The molecule has 0 saturated carbocycles. The molecular weight excluding hydrogens is 412 g/mol. The predicted molar refractivity (Wildman–Crippen MR) is 105 cm³/mol. The normalized spacial score (nSPS) is 21.7. The zero-order valence-corrected chi connectivity index (χ0v) is 16.5. The van der Waals surface area contributed by atoms with E-state index in [1.807, 2.05) is 24.3 Å². The van der Waals surface area contributed by atoms with Gasteiger partial charge < -0.3 is 24.8 Å². The van der Waals surface area contributed by atoms with Crippen LogP contribution in [-0.2, 0) is 4.74 Å². The fourth-order valence-corrected chi connectivity index (χ4v) is 4.21. The molecule has 2 atom stereocenters. The van der Waals surface area contributed by atoms with Crippen LogP contribution in [0.5, 0.6) is 11.5 Å². The number of halogens is 1. The van der Waals surface area contributed by atoms with Gasteiger partial charge in [0.25, 0.3) is 5.91 Å². The van der Waals surface area contributed by atoms with Crippen LogP contribution in [0.4, 0.5) is 5.69 Å². The fourth-order valence-electron chi connectivity index (χ4n) is 3.67. The molecular formula is C20H21BrN2O4. The van der Waals surface area contributed by atoms with E-state index in [1.165, 1.54) is 7.11 Å². The summed E-state index contributed by atoms with van der Waals surface area (Å²) in [5, 5.41) is 13.5. The Morgan fingerprint density at radius 1 is 1.37 bits per heavy atom. The number of amides is 1. The maximum Gasteiger partial charge on any atom is 0.257 e. The minimum atomic E-state index is -0.402. The molecule has 4 rings (SSSR count). The number of rotatable bonds is 4. The molecule has 6 nitrogen and oxygen atoms in total. The summed E-state index contributed by atoms with van der Waals surface area (Å²) in [7, 11) is 1.51. The zero-order chi connectivity index (χ0) is 19.0. The van der Waals surface area contributed by atoms with Crippen molar-refractivity contribution in [2.45, 2.75) is 25.1 Å². The van der Waals surface area contributed by atoms with E-state index >= 15 is 0 Å². The largest absolute Gasteiger partial charge is 0.504 e. The third-order valence-electron chi connectivity index (χ3n) is 5.04. The lowest BCUT2D eigenvalue weighted by Crippen LogP contribution is -2.46. The number of nitrogens with one attached hydrogen (secondary N) is 1. The molecule has 0 radical (unpaired) electrons. The first-order valence-electron chi connectivity index (χ1n) is 8.93. The highest BCUT2D eigenvalue weighted by Crippen LogP contribution is 2.40. The number of phenols is 1. The number of carbonyl (C=O) groups excluding carboxylic acids is 1. The van der Waals surface area contributed by atoms with Crippen molar-refractivity contribution in [1.82, 2.24) is 4.90 Å². The van der Waals surface area contributed by atoms with Gasteiger partial charge in [-0.05, 0) is 37.1 Å². The van der Waals surface area contributed by atoms with Crippen LogP contribution in [0.1, 0.15) is 34.9 Å². The summed E-state index contributed by atoms with van der Waals surface area (Å²) in [6.07, 6.45) is 1.58. The Balaban J connectivity index is 1.77. The number of benzene rings is 2. The second kappa shape index (κ2) is 7.40. The van der Waals surface area contributed by atoms with Crippen molar-refractivity contribution >= 4 is 27.5 Å². The number of hydrogen-bond acceptors (Lipinski definition) is 5. The average Bonchev–Trinajstić information content (AvgIpc) is 3.17. The molecule has 1 fully saturated rings. The Labute approximate surface area is 166 Å². The summed E-state index contributed by atoms with van der Waals surface area (Å²) in [4.78, 5) is 15.1. The van der Waals surface area contributed by atoms with Gasteiger partial charge >= 0.3 is 0 Å². The van der Waals surface area contributed by atoms with Crippen molar-refractivity contribution < 1.29 is 19.4 Å². The predicted octanol–water partition coefficient (Wildman–Crippen LogP) is 3.91. The molecule has 27 heavy (non-hydrogen) atoms. The number of fused-ring (bicyclic) bond motifs is 1. The zero-order valence-electron chi connectivity index (χ0n) is 14.9. The molecule has 0 aliphatic carbocycles. The summed E-state index contributed by atoms with van der Waals surface area (Å²) in [5.41, 5.74) is 2.24. The molecule has 2 aromatic carbocycles. The first kappa shape index (κ1) is 18.1. The van der Waals surface area contributed by atoms with Crippen molar-refractivity contribution in [1.29, 1.82) is 0 Å². The van der Waals surface area contributed by atoms with Gasteiger partial charge in [0.2, 0.25) is 0 Å². The minimum Gasteiger partial charge on any atom is -0.504 e. The molecule has 0 aromatic heterocycles. The SMILES string of the molecule is COc1cc([C@@H]2Nc3ccccc3C(=O)N2C[C@H]2CCCO2)c(Br)cc1O. The summed E-state index contributed by atoms with van der Waals surface area (Å²) in [6, 6.07) is 10.8. The van der Waals surface area contributed by atoms with E-state index in [-0.39, 0.29) is 17.8 Å². The molecule has 2 heterocycles. The van der Waals surface area contributed by atoms with Crippen molar-refractivity contribution in [2.75, 3.05) is 25.6 Å². The molecule has 2 aromatic rings. The van der Waals surface area contributed by atoms with Crippen molar-refractivity contribution in [3.63, 3.8) is 0 Å². The van der Waals surface area contributed by atoms with E-state index in [1.54, 1.807) is 17.0 Å². The van der Waals surface area contributed by atoms with Crippen LogP contribution in [0.15, 0.2) is 40.9 Å². The molecule has 0 bridgehead atoms. The Hall–Kier alpha value is -2.25. The van der Waals surface area contributed by atoms with Gasteiger partial charge in [-0.15, -0.1) is 0 Å². The third kappa shape index (κ3) is 3.37. The van der Waals surface area contributed by atoms with Crippen LogP contribution in [0.2, 0.25) is 0 Å². The molecule has 2 aliphatic heterocycles. The topological polar surface area (TPSA) is 71.0 Å². The van der Waals surface area contributed by atoms with Gasteiger partial charge in [0.15, 0.2) is 11.5 Å². The highest BCUT2D eigenvalue weighted by atomic mass is 79.9. The number of hydrogen-bond donors (Lipinski definition) is 2. The van der Waals surface area contributed by atoms with Crippen LogP contribution in [0, 0.1) is 0 Å². The Bertz CT molecular complexity index is 867. The quantitative estimate of drug-likeness (QED) is 0.765. The standard InChI is InChI=1S/C20H21BrN2O4/c1-26-18-9-14(15(21)10-17(18)24)19-22-16-7-3-2-6-13(16)20(25)23(19)11-12-5-4-8-27-12/h2-3,6-7,9-10,12,19,22,24H,4-5,8,11H2,1H3/t12-,19-/m1/s1. The highest BCUT2D eigenvalue weighted by Gasteiger charge is 2.36. The Morgan fingerprint density at radius 2 is 2.19 bits per heavy atom. The van der Waals surface area contributed by atoms with Crippen LogP contribution >= 0.6 is 15.9 Å². The number of nitrogens with zero attached hydrogens (tertiary/aromatic N) is 1. The molecule has 7 heteroatoms. The van der Waals surface area contributed by atoms with Crippen LogP contribution in [-0.4, -0.2) is 42.3 Å². The van der Waals surface area contributed by atoms with Crippen LogP contribution in [0.3, 0.4) is 0 Å². The number of aromatic hydroxyl groups is 1. The summed E-state index contributed by atoms with van der Waals surface area (Å²) in [5.74, 6) is 0.364. The maximum atomic E-state index is 13.3. The summed E-state index contributed by atoms with van der Waals surface area (Å²) in [6.45, 7) is 1.23. The van der Waals surface area contributed by atoms with Crippen LogP contribution in [0.25, 0.3) is 0 Å². The number of ether oxygens (including phenoxy) is 2. The van der Waals surface area contributed by atoms with E-state index in [4.69, 9.17) is 9.47 Å². The van der Waals surface area contributed by atoms with Gasteiger partial charge in [0, 0.05) is 28.9 Å². The van der Waals surface area contributed by atoms with E-state index in [0.29, 0.717) is 22.3 Å². The number of carbonyl (C=O) groups is 1. The monoisotopic (exact) mass is 432 g/mol. The average molecular weight is 433 g/mol. The molecule has 1 amide bonds. The van der Waals surface area contributed by atoms with E-state index < -0.39 is 6.17 Å². The maximum absolute atomic E-state index is 13.3. The number of para-hydroxylation sites is 1. The third-order valence-corrected chi connectivity index (χ3v) is 5.73. The Morgan fingerprint density at radius 3 is 2.93 bits per heavy atom. The summed E-state index contributed by atoms with van der Waals surface area (Å²) >= 11 is 3.52. The first-order chi connectivity index (χ1) is 13.1. The lowest BCUT2D eigenvalue weighted by atomic mass is 10.0. The second-order valence-electron chi connectivity index (χ2n) is 6.73. The number of methoxy groups -OCH3 is 1. The van der Waals surface area contributed by atoms with Gasteiger partial charge in [-0.25, -0.2) is 0 Å². The molecule has 2 N–H and O–H groups in total. The molecule has 2 aliphatic rings. The van der Waals surface area contributed by atoms with Crippen molar-refractivity contribution in [3.05, 3.63) is 52.0 Å². The smallest absolute Gasteiger partial charge is 0.257 e. The number of phenolic OH excluding ortho intramolecular Hbond substituents is 1. The summed E-state index contributed by atoms with van der Waals surface area (Å²) < 4.78 is 11.7. The van der Waals surface area contributed by atoms with Gasteiger partial charge in [-0.2, -0.15) is 0 Å². The second-order valence-corrected chi connectivity index (χ2v) is 7.58. The molecule has 1 saturated heterocycles. The number of anilines is 1. The molecule has 142 valence electrons. The Kier molecular flexibility index (Phi) is 4.97. The van der Waals surface area contributed by atoms with Crippen LogP contribution < -0.4 is 10.1 Å². The van der Waals surface area contributed by atoms with Gasteiger partial charge in [0.05, 0.1) is 18.8 Å². The minimum absolute atomic E-state index is 0.0290. The first-order valence-corrected chi connectivity index (χ1v) is 9.72. The van der Waals surface area contributed by atoms with Gasteiger partial charge in [-0.3, -0.25) is 4.79 Å². The van der Waals surface area contributed by atoms with Crippen molar-refractivity contribution in [2.24, 2.45) is 0 Å². The fraction of sp³-hybridized carbons (Fsp3) is 0.350. The molecule has 0 unspecified atom stereocenters. The van der Waals surface area contributed by atoms with E-state index in [0.717, 1.165) is 30.7 Å².